The summed E-state index contributed by atoms with van der Waals surface area (Å²) in [5.74, 6) is -1.02. The molecule has 3 nitrogen and oxygen atoms in total. The Kier molecular flexibility index (Phi) is 5.34. The number of alkyl halides is 2. The molecule has 0 saturated heterocycles. The van der Waals surface area contributed by atoms with Crippen LogP contribution in [-0.4, -0.2) is 27.7 Å². The summed E-state index contributed by atoms with van der Waals surface area (Å²) in [7, 11) is 0. The van der Waals surface area contributed by atoms with Crippen LogP contribution in [0.25, 0.3) is 0 Å². The number of Topliss-reactive ketones (excluding diaryl/α,β-unsaturated/α-hetero) is 1. The molecule has 0 aliphatic heterocycles. The molecule has 1 amide bonds. The van der Waals surface area contributed by atoms with Gasteiger partial charge in [-0.05, 0) is 25.0 Å². The Bertz CT molecular complexity index is 706. The number of halogens is 3. The first kappa shape index (κ1) is 18.2. The molecular formula is C17H16Cl3NO2. The normalized spacial score (nSPS) is 27.0. The van der Waals surface area contributed by atoms with Crippen LogP contribution in [0.4, 0.5) is 0 Å². The van der Waals surface area contributed by atoms with E-state index < -0.39 is 21.9 Å². The zero-order valence-electron chi connectivity index (χ0n) is 12.9. The lowest BCUT2D eigenvalue weighted by molar-refractivity contribution is -0.117. The van der Waals surface area contributed by atoms with Crippen molar-refractivity contribution in [1.82, 2.24) is 0 Å². The number of amides is 1. The van der Waals surface area contributed by atoms with Gasteiger partial charge in [-0.25, -0.2) is 4.99 Å². The quantitative estimate of drug-likeness (QED) is 0.712. The minimum atomic E-state index is -1.44. The number of ketones is 1. The molecule has 0 radical (unpaired) electrons. The van der Waals surface area contributed by atoms with Gasteiger partial charge in [0.25, 0.3) is 5.91 Å². The highest BCUT2D eigenvalue weighted by Crippen LogP contribution is 2.40. The number of nitrogens with zero attached hydrogens (tertiary/aromatic N) is 1. The largest absolute Gasteiger partial charge is 0.291 e. The lowest BCUT2D eigenvalue weighted by Gasteiger charge is -2.34. The van der Waals surface area contributed by atoms with Crippen molar-refractivity contribution in [2.45, 2.75) is 31.0 Å². The fourth-order valence-corrected chi connectivity index (χ4v) is 3.40. The van der Waals surface area contributed by atoms with Crippen molar-refractivity contribution < 1.29 is 9.59 Å². The van der Waals surface area contributed by atoms with Crippen molar-refractivity contribution in [1.29, 1.82) is 0 Å². The predicted octanol–water partition coefficient (Wildman–Crippen LogP) is 4.60. The fraction of sp³-hybridized carbons (Fsp3) is 0.353. The summed E-state index contributed by atoms with van der Waals surface area (Å²) in [4.78, 5) is 27.4. The fourth-order valence-electron chi connectivity index (χ4n) is 2.38. The van der Waals surface area contributed by atoms with Crippen molar-refractivity contribution >= 4 is 52.2 Å². The third kappa shape index (κ3) is 3.37. The number of carbonyl (C=O) groups excluding carboxylic acids is 2. The number of carbonyl (C=O) groups is 2. The summed E-state index contributed by atoms with van der Waals surface area (Å²) in [5, 5.41) is -0.946. The van der Waals surface area contributed by atoms with E-state index in [1.165, 1.54) is 6.92 Å². The van der Waals surface area contributed by atoms with Crippen LogP contribution >= 0.6 is 34.8 Å². The van der Waals surface area contributed by atoms with Gasteiger partial charge in [-0.1, -0.05) is 43.6 Å². The molecule has 0 saturated carbocycles. The van der Waals surface area contributed by atoms with Gasteiger partial charge in [0.1, 0.15) is 10.3 Å². The zero-order valence-corrected chi connectivity index (χ0v) is 15.2. The number of allylic oxidation sites excluding steroid dienone is 2. The average molecular weight is 373 g/mol. The summed E-state index contributed by atoms with van der Waals surface area (Å²) in [6.45, 7) is 5.19. The van der Waals surface area contributed by atoms with Crippen LogP contribution in [-0.2, 0) is 4.79 Å². The van der Waals surface area contributed by atoms with Crippen LogP contribution in [0.5, 0.6) is 0 Å². The maximum atomic E-state index is 12.4. The summed E-state index contributed by atoms with van der Waals surface area (Å²) < 4.78 is 0. The first-order valence-corrected chi connectivity index (χ1v) is 8.33. The molecule has 0 spiro atoms. The molecule has 0 heterocycles. The predicted molar refractivity (Wildman–Crippen MR) is 94.8 cm³/mol. The number of aliphatic imine (C=N–C) groups is 1. The monoisotopic (exact) mass is 371 g/mol. The topological polar surface area (TPSA) is 46.5 Å². The molecule has 0 bridgehead atoms. The molecule has 2 rings (SSSR count). The summed E-state index contributed by atoms with van der Waals surface area (Å²) >= 11 is 18.8. The summed E-state index contributed by atoms with van der Waals surface area (Å²) in [5.41, 5.74) is 1.16. The lowest BCUT2D eigenvalue weighted by atomic mass is 9.82. The van der Waals surface area contributed by atoms with Crippen molar-refractivity contribution in [3.63, 3.8) is 0 Å². The first-order chi connectivity index (χ1) is 10.7. The Morgan fingerprint density at radius 2 is 1.83 bits per heavy atom. The van der Waals surface area contributed by atoms with Crippen LogP contribution in [0.1, 0.15) is 31.1 Å². The molecule has 1 aliphatic rings. The Morgan fingerprint density at radius 1 is 1.26 bits per heavy atom. The maximum absolute atomic E-state index is 12.4. The minimum absolute atomic E-state index is 0.00554. The van der Waals surface area contributed by atoms with E-state index >= 15 is 0 Å². The molecule has 0 fully saturated rings. The number of hydrogen-bond acceptors (Lipinski definition) is 2. The molecule has 0 N–H and O–H groups in total. The van der Waals surface area contributed by atoms with Gasteiger partial charge in [-0.15, -0.1) is 23.2 Å². The highest BCUT2D eigenvalue weighted by atomic mass is 35.5. The molecule has 0 aromatic heterocycles. The Balaban J connectivity index is 2.59. The van der Waals surface area contributed by atoms with E-state index in [2.05, 4.69) is 4.99 Å². The van der Waals surface area contributed by atoms with E-state index in [1.54, 1.807) is 30.3 Å². The molecule has 2 atom stereocenters. The van der Waals surface area contributed by atoms with E-state index in [0.717, 1.165) is 0 Å². The van der Waals surface area contributed by atoms with E-state index in [1.807, 2.05) is 13.8 Å². The van der Waals surface area contributed by atoms with Gasteiger partial charge in [0.15, 0.2) is 5.78 Å². The third-order valence-corrected chi connectivity index (χ3v) is 5.21. The SMILES string of the molecule is CC(C)C1=C(Cl)C(=O)[C@](C)(Cl)[C@H](Cl)C1=NC(=O)c1ccccc1. The van der Waals surface area contributed by atoms with Gasteiger partial charge in [0, 0.05) is 11.1 Å². The first-order valence-electron chi connectivity index (χ1n) is 7.13. The smallest absolute Gasteiger partial charge is 0.277 e. The average Bonchev–Trinajstić information content (AvgIpc) is 2.51. The Morgan fingerprint density at radius 3 is 2.35 bits per heavy atom. The second-order valence-corrected chi connectivity index (χ2v) is 7.42. The van der Waals surface area contributed by atoms with Gasteiger partial charge >= 0.3 is 0 Å². The van der Waals surface area contributed by atoms with Crippen LogP contribution in [0.15, 0.2) is 45.9 Å². The molecule has 6 heteroatoms. The number of rotatable bonds is 2. The van der Waals surface area contributed by atoms with Gasteiger partial charge in [0.05, 0.1) is 10.7 Å². The molecule has 23 heavy (non-hydrogen) atoms. The second-order valence-electron chi connectivity index (χ2n) is 5.82. The molecule has 0 unspecified atom stereocenters. The van der Waals surface area contributed by atoms with Gasteiger partial charge in [-0.2, -0.15) is 0 Å². The van der Waals surface area contributed by atoms with E-state index in [9.17, 15) is 9.59 Å². The van der Waals surface area contributed by atoms with Gasteiger partial charge in [-0.3, -0.25) is 9.59 Å². The highest BCUT2D eigenvalue weighted by Gasteiger charge is 2.49. The van der Waals surface area contributed by atoms with Gasteiger partial charge in [0.2, 0.25) is 0 Å². The van der Waals surface area contributed by atoms with Crippen molar-refractivity contribution in [3.05, 3.63) is 46.5 Å². The van der Waals surface area contributed by atoms with Crippen molar-refractivity contribution in [2.24, 2.45) is 10.9 Å². The third-order valence-electron chi connectivity index (χ3n) is 3.69. The molecular weight excluding hydrogens is 357 g/mol. The second kappa shape index (κ2) is 6.76. The number of hydrogen-bond donors (Lipinski definition) is 0. The standard InChI is InChI=1S/C17H16Cl3NO2/c1-9(2)11-12(18)15(22)17(3,20)14(19)13(11)21-16(23)10-7-5-4-6-8-10/h4-9,14H,1-3H3/t14-,17-/m1/s1. The summed E-state index contributed by atoms with van der Waals surface area (Å²) in [6, 6.07) is 8.61. The van der Waals surface area contributed by atoms with E-state index in [0.29, 0.717) is 11.1 Å². The van der Waals surface area contributed by atoms with Crippen molar-refractivity contribution in [2.75, 3.05) is 0 Å². The Hall–Kier alpha value is -1.16. The van der Waals surface area contributed by atoms with Crippen LogP contribution in [0, 0.1) is 5.92 Å². The van der Waals surface area contributed by atoms with E-state index in [-0.39, 0.29) is 16.7 Å². The van der Waals surface area contributed by atoms with Crippen LogP contribution in [0.2, 0.25) is 0 Å². The Labute approximate surface area is 150 Å². The maximum Gasteiger partial charge on any atom is 0.277 e. The molecule has 1 aliphatic carbocycles. The van der Waals surface area contributed by atoms with E-state index in [4.69, 9.17) is 34.8 Å². The number of benzene rings is 1. The molecule has 1 aromatic rings. The molecule has 122 valence electrons. The van der Waals surface area contributed by atoms with Crippen LogP contribution < -0.4 is 0 Å². The summed E-state index contributed by atoms with van der Waals surface area (Å²) in [6.07, 6.45) is 0. The highest BCUT2D eigenvalue weighted by molar-refractivity contribution is 6.59. The minimum Gasteiger partial charge on any atom is -0.291 e. The zero-order chi connectivity index (χ0) is 17.4. The van der Waals surface area contributed by atoms with Crippen LogP contribution in [0.3, 0.4) is 0 Å². The molecule has 1 aromatic carbocycles. The van der Waals surface area contributed by atoms with Gasteiger partial charge < -0.3 is 0 Å². The lowest BCUT2D eigenvalue weighted by Crippen LogP contribution is -2.49. The van der Waals surface area contributed by atoms with Crippen molar-refractivity contribution in [3.8, 4) is 0 Å².